The highest BCUT2D eigenvalue weighted by Crippen LogP contribution is 2.44. The molecule has 11 aromatic rings. The zero-order chi connectivity index (χ0) is 38.2. The van der Waals surface area contributed by atoms with Crippen molar-refractivity contribution in [3.63, 3.8) is 0 Å². The first-order valence-electron chi connectivity index (χ1n) is 20.1. The molecule has 1 aliphatic rings. The van der Waals surface area contributed by atoms with E-state index >= 15 is 0 Å². The van der Waals surface area contributed by atoms with Gasteiger partial charge in [0, 0.05) is 15.5 Å². The van der Waals surface area contributed by atoms with E-state index < -0.39 is 0 Å². The third kappa shape index (κ3) is 5.35. The molecule has 0 unspecified atom stereocenters. The van der Waals surface area contributed by atoms with Gasteiger partial charge in [0.2, 0.25) is 0 Å². The summed E-state index contributed by atoms with van der Waals surface area (Å²) < 4.78 is 4.99. The van der Waals surface area contributed by atoms with Crippen molar-refractivity contribution < 1.29 is 0 Å². The molecule has 0 saturated heterocycles. The maximum absolute atomic E-state index is 5.50. The van der Waals surface area contributed by atoms with Crippen LogP contribution < -0.4 is 0 Å². The molecule has 3 heterocycles. The van der Waals surface area contributed by atoms with Crippen LogP contribution in [0.2, 0.25) is 0 Å². The molecule has 58 heavy (non-hydrogen) atoms. The van der Waals surface area contributed by atoms with Gasteiger partial charge in [-0.1, -0.05) is 164 Å². The Hall–Kier alpha value is -7.07. The third-order valence-corrected chi connectivity index (χ3v) is 13.3. The fourth-order valence-corrected chi connectivity index (χ4v) is 10.4. The van der Waals surface area contributed by atoms with Gasteiger partial charge in [-0.25, -0.2) is 4.98 Å². The van der Waals surface area contributed by atoms with Crippen molar-refractivity contribution in [3.8, 4) is 55.8 Å². The fraction of sp³-hybridized carbons (Fsp3) is 0.0364. The highest BCUT2D eigenvalue weighted by Gasteiger charge is 2.21. The van der Waals surface area contributed by atoms with Gasteiger partial charge in [-0.3, -0.25) is 4.40 Å². The van der Waals surface area contributed by atoms with Gasteiger partial charge in [0.1, 0.15) is 0 Å². The van der Waals surface area contributed by atoms with Gasteiger partial charge in [0.25, 0.3) is 0 Å². The van der Waals surface area contributed by atoms with Gasteiger partial charge in [0.15, 0.2) is 5.65 Å². The lowest BCUT2D eigenvalue weighted by molar-refractivity contribution is 0.994. The molecule has 0 spiro atoms. The molecule has 3 heteroatoms. The molecule has 0 N–H and O–H groups in total. The van der Waals surface area contributed by atoms with E-state index in [1.165, 1.54) is 103 Å². The number of fused-ring (bicyclic) bond motifs is 11. The number of nitrogens with zero attached hydrogens (tertiary/aromatic N) is 2. The highest BCUT2D eigenvalue weighted by atomic mass is 32.1. The van der Waals surface area contributed by atoms with E-state index in [1.54, 1.807) is 0 Å². The third-order valence-electron chi connectivity index (χ3n) is 12.0. The number of allylic oxidation sites excluding steroid dienone is 1. The largest absolute Gasteiger partial charge is 0.291 e. The molecule has 0 bridgehead atoms. The van der Waals surface area contributed by atoms with Gasteiger partial charge in [0.05, 0.1) is 21.4 Å². The molecule has 8 aromatic carbocycles. The Bertz CT molecular complexity index is 3350. The number of hydrogen-bond donors (Lipinski definition) is 0. The molecule has 0 amide bonds. The molecule has 0 saturated carbocycles. The van der Waals surface area contributed by atoms with Crippen LogP contribution >= 0.6 is 11.3 Å². The van der Waals surface area contributed by atoms with E-state index in [2.05, 4.69) is 199 Å². The maximum Gasteiger partial charge on any atom is 0.156 e. The molecule has 0 fully saturated rings. The van der Waals surface area contributed by atoms with E-state index in [0.29, 0.717) is 0 Å². The molecule has 0 aliphatic heterocycles. The molecule has 0 atom stereocenters. The van der Waals surface area contributed by atoms with Crippen molar-refractivity contribution in [1.29, 1.82) is 0 Å². The second-order valence-corrected chi connectivity index (χ2v) is 16.5. The van der Waals surface area contributed by atoms with Crippen LogP contribution in [0.25, 0.3) is 109 Å². The number of pyridine rings is 1. The lowest BCUT2D eigenvalue weighted by atomic mass is 9.92. The van der Waals surface area contributed by atoms with Crippen LogP contribution in [0.15, 0.2) is 188 Å². The number of imidazole rings is 1. The molecular weight excluding hydrogens is 721 g/mol. The van der Waals surface area contributed by atoms with Crippen LogP contribution in [0.3, 0.4) is 0 Å². The minimum atomic E-state index is 1.02. The summed E-state index contributed by atoms with van der Waals surface area (Å²) in [6.07, 6.45) is 6.61. The Labute approximate surface area is 340 Å². The van der Waals surface area contributed by atoms with Gasteiger partial charge in [-0.2, -0.15) is 0 Å². The number of aromatic nitrogens is 2. The summed E-state index contributed by atoms with van der Waals surface area (Å²) in [5.74, 6) is 0. The Morgan fingerprint density at radius 3 is 1.71 bits per heavy atom. The van der Waals surface area contributed by atoms with Crippen molar-refractivity contribution in [2.24, 2.45) is 0 Å². The summed E-state index contributed by atoms with van der Waals surface area (Å²) in [6, 6.07) is 66.7. The average Bonchev–Trinajstić information content (AvgIpc) is 3.89. The van der Waals surface area contributed by atoms with Gasteiger partial charge in [-0.05, 0) is 115 Å². The zero-order valence-corrected chi connectivity index (χ0v) is 32.5. The van der Waals surface area contributed by atoms with Crippen molar-refractivity contribution in [1.82, 2.24) is 9.38 Å². The number of benzene rings is 8. The fourth-order valence-electron chi connectivity index (χ4n) is 9.11. The van der Waals surface area contributed by atoms with Gasteiger partial charge < -0.3 is 0 Å². The Kier molecular flexibility index (Phi) is 7.57. The SMILES string of the molecule is C1=Cc2ccc3c(nc4c5sc6c7ccccc7ccc6c5cc(-c5ccc(-c6ccc(-c7cc(-c8ccccc8)cc(-c8ccccc8)c7)cc6)cc5)n34)c2CC1. The van der Waals surface area contributed by atoms with Crippen molar-refractivity contribution in [2.45, 2.75) is 12.8 Å². The molecule has 272 valence electrons. The first-order chi connectivity index (χ1) is 28.7. The summed E-state index contributed by atoms with van der Waals surface area (Å²) in [7, 11) is 0. The second-order valence-electron chi connectivity index (χ2n) is 15.4. The molecule has 2 nitrogen and oxygen atoms in total. The molecule has 3 aromatic heterocycles. The summed E-state index contributed by atoms with van der Waals surface area (Å²) in [4.78, 5) is 5.50. The van der Waals surface area contributed by atoms with Crippen LogP contribution in [-0.2, 0) is 6.42 Å². The monoisotopic (exact) mass is 756 g/mol. The summed E-state index contributed by atoms with van der Waals surface area (Å²) in [5.41, 5.74) is 18.0. The van der Waals surface area contributed by atoms with Crippen LogP contribution in [0.1, 0.15) is 17.5 Å². The quantitative estimate of drug-likeness (QED) is 0.171. The minimum Gasteiger partial charge on any atom is -0.291 e. The average molecular weight is 757 g/mol. The van der Waals surface area contributed by atoms with Crippen LogP contribution in [0.5, 0.6) is 0 Å². The summed E-state index contributed by atoms with van der Waals surface area (Å²) in [5, 5.41) is 5.13. The van der Waals surface area contributed by atoms with E-state index in [9.17, 15) is 0 Å². The second kappa shape index (κ2) is 13.3. The smallest absolute Gasteiger partial charge is 0.156 e. The summed E-state index contributed by atoms with van der Waals surface area (Å²) >= 11 is 1.88. The number of thiophene rings is 1. The normalized spacial score (nSPS) is 12.6. The predicted octanol–water partition coefficient (Wildman–Crippen LogP) is 15.3. The number of rotatable bonds is 5. The van der Waals surface area contributed by atoms with Gasteiger partial charge in [-0.15, -0.1) is 11.3 Å². The predicted molar refractivity (Wildman–Crippen MR) is 248 cm³/mol. The van der Waals surface area contributed by atoms with E-state index in [0.717, 1.165) is 24.0 Å². The Balaban J connectivity index is 0.966. The Morgan fingerprint density at radius 2 is 1.03 bits per heavy atom. The molecular formula is C55H36N2S. The zero-order valence-electron chi connectivity index (χ0n) is 31.7. The molecule has 1 aliphatic carbocycles. The first kappa shape index (κ1) is 33.1. The standard InChI is InChI=1S/C55H36N2S/c1-3-11-35(12-4-1)43-31-44(36-13-5-2-6-14-36)33-45(32-43)39-21-19-37(20-22-39)38-23-25-42(26-24-38)51-34-49-48-29-27-41-16-8-10-18-47(41)53(48)58-54(49)55-56-52-46-17-9-7-15-40(46)28-30-50(52)57(51)55/h1-8,10-16,18-34H,9,17H2. The first-order valence-corrected chi connectivity index (χ1v) is 20.9. The minimum absolute atomic E-state index is 1.02. The van der Waals surface area contributed by atoms with E-state index in [4.69, 9.17) is 4.98 Å². The van der Waals surface area contributed by atoms with Crippen molar-refractivity contribution in [3.05, 3.63) is 199 Å². The molecule has 12 rings (SSSR count). The van der Waals surface area contributed by atoms with E-state index in [1.807, 2.05) is 11.3 Å². The van der Waals surface area contributed by atoms with Gasteiger partial charge >= 0.3 is 0 Å². The van der Waals surface area contributed by atoms with Crippen molar-refractivity contribution in [2.75, 3.05) is 0 Å². The summed E-state index contributed by atoms with van der Waals surface area (Å²) in [6.45, 7) is 0. The van der Waals surface area contributed by atoms with Crippen LogP contribution in [-0.4, -0.2) is 9.38 Å². The number of hydrogen-bond acceptors (Lipinski definition) is 2. The highest BCUT2D eigenvalue weighted by molar-refractivity contribution is 7.27. The number of aryl methyl sites for hydroxylation is 1. The lowest BCUT2D eigenvalue weighted by Crippen LogP contribution is -1.96. The maximum atomic E-state index is 5.50. The Morgan fingerprint density at radius 1 is 0.448 bits per heavy atom. The molecule has 0 radical (unpaired) electrons. The van der Waals surface area contributed by atoms with Crippen molar-refractivity contribution >= 4 is 65.0 Å². The van der Waals surface area contributed by atoms with E-state index in [-0.39, 0.29) is 0 Å². The van der Waals surface area contributed by atoms with Crippen LogP contribution in [0, 0.1) is 0 Å². The lowest BCUT2D eigenvalue weighted by Gasteiger charge is -2.13. The van der Waals surface area contributed by atoms with Crippen LogP contribution in [0.4, 0.5) is 0 Å². The topological polar surface area (TPSA) is 17.3 Å².